The van der Waals surface area contributed by atoms with Crippen molar-refractivity contribution in [2.24, 2.45) is 0 Å². The maximum Gasteiger partial charge on any atom is 0.125 e. The van der Waals surface area contributed by atoms with Crippen LogP contribution in [0.15, 0.2) is 85.6 Å². The lowest BCUT2D eigenvalue weighted by Crippen LogP contribution is -2.35. The van der Waals surface area contributed by atoms with Gasteiger partial charge in [0, 0.05) is 24.1 Å². The Labute approximate surface area is 154 Å². The molecule has 134 valence electrons. The molecule has 4 heteroatoms. The summed E-state index contributed by atoms with van der Waals surface area (Å²) in [6.45, 7) is 4.92. The molecule has 4 aromatic rings. The molecule has 2 heterocycles. The lowest BCUT2D eigenvalue weighted by molar-refractivity contribution is 0.00209. The van der Waals surface area contributed by atoms with E-state index in [0.717, 1.165) is 11.1 Å². The van der Waals surface area contributed by atoms with Crippen LogP contribution in [-0.4, -0.2) is 19.2 Å². The molecule has 1 unspecified atom stereocenters. The summed E-state index contributed by atoms with van der Waals surface area (Å²) in [6.07, 6.45) is 7.38. The van der Waals surface area contributed by atoms with E-state index < -0.39 is 5.60 Å². The molecule has 0 spiro atoms. The van der Waals surface area contributed by atoms with E-state index in [1.807, 2.05) is 73.3 Å². The number of rotatable bonds is 5. The molecule has 4 nitrogen and oxygen atoms in total. The van der Waals surface area contributed by atoms with Gasteiger partial charge in [0.05, 0.1) is 19.4 Å². The lowest BCUT2D eigenvalue weighted by atomic mass is 9.93. The van der Waals surface area contributed by atoms with Crippen molar-refractivity contribution in [1.29, 1.82) is 0 Å². The number of imidazole rings is 1. The summed E-state index contributed by atoms with van der Waals surface area (Å²) in [7, 11) is 0. The Morgan fingerprint density at radius 2 is 1.62 bits per heavy atom. The van der Waals surface area contributed by atoms with E-state index in [2.05, 4.69) is 27.8 Å². The second-order valence-corrected chi connectivity index (χ2v) is 6.14. The van der Waals surface area contributed by atoms with Crippen LogP contribution in [0.4, 0.5) is 0 Å². The highest BCUT2D eigenvalue weighted by Gasteiger charge is 2.30. The minimum absolute atomic E-state index is 0.448. The summed E-state index contributed by atoms with van der Waals surface area (Å²) >= 11 is 0. The van der Waals surface area contributed by atoms with E-state index in [-0.39, 0.29) is 0 Å². The van der Waals surface area contributed by atoms with Gasteiger partial charge >= 0.3 is 0 Å². The maximum atomic E-state index is 11.5. The number of nitrogens with zero attached hydrogens (tertiary/aromatic N) is 3. The molecule has 0 radical (unpaired) electrons. The molecule has 4 rings (SSSR count). The topological polar surface area (TPSA) is 43.0 Å². The first-order valence-corrected chi connectivity index (χ1v) is 9.02. The molecule has 0 saturated carbocycles. The Hall–Kier alpha value is -2.85. The summed E-state index contributed by atoms with van der Waals surface area (Å²) in [5.74, 6) is 0. The molecule has 0 bridgehead atoms. The molecule has 0 saturated heterocycles. The van der Waals surface area contributed by atoms with Crippen LogP contribution in [0.25, 0.3) is 10.9 Å². The van der Waals surface area contributed by atoms with Gasteiger partial charge in [-0.15, -0.1) is 0 Å². The molecule has 0 amide bonds. The Morgan fingerprint density at radius 1 is 0.885 bits per heavy atom. The van der Waals surface area contributed by atoms with E-state index in [1.165, 1.54) is 5.39 Å². The number of hydrogen-bond acceptors (Lipinski definition) is 2. The maximum absolute atomic E-state index is 11.5. The van der Waals surface area contributed by atoms with Crippen LogP contribution in [-0.2, 0) is 18.7 Å². The van der Waals surface area contributed by atoms with Gasteiger partial charge in [-0.2, -0.15) is 0 Å². The third-order valence-electron chi connectivity index (χ3n) is 4.43. The van der Waals surface area contributed by atoms with Gasteiger partial charge in [-0.3, -0.25) is 0 Å². The van der Waals surface area contributed by atoms with E-state index in [0.29, 0.717) is 13.1 Å². The highest BCUT2D eigenvalue weighted by Crippen LogP contribution is 2.28. The summed E-state index contributed by atoms with van der Waals surface area (Å²) in [4.78, 5) is 4.09. The third kappa shape index (κ3) is 3.70. The Kier molecular flexibility index (Phi) is 5.54. The summed E-state index contributed by atoms with van der Waals surface area (Å²) < 4.78 is 4.03. The van der Waals surface area contributed by atoms with Gasteiger partial charge in [-0.25, -0.2) is 4.98 Å². The normalized spacial score (nSPS) is 13.0. The van der Waals surface area contributed by atoms with E-state index >= 15 is 0 Å². The first-order valence-electron chi connectivity index (χ1n) is 9.02. The van der Waals surface area contributed by atoms with Crippen LogP contribution < -0.4 is 0 Å². The predicted octanol–water partition coefficient (Wildman–Crippen LogP) is 4.45. The van der Waals surface area contributed by atoms with Crippen molar-refractivity contribution in [2.75, 3.05) is 0 Å². The fourth-order valence-corrected chi connectivity index (χ4v) is 3.22. The fourth-order valence-electron chi connectivity index (χ4n) is 3.22. The minimum atomic E-state index is -1.02. The Bertz CT molecular complexity index is 928. The first-order chi connectivity index (χ1) is 12.7. The van der Waals surface area contributed by atoms with E-state index in [4.69, 9.17) is 0 Å². The second-order valence-electron chi connectivity index (χ2n) is 6.14. The van der Waals surface area contributed by atoms with Crippen molar-refractivity contribution >= 4 is 10.9 Å². The van der Waals surface area contributed by atoms with Crippen molar-refractivity contribution in [2.45, 2.75) is 32.5 Å². The zero-order valence-electron chi connectivity index (χ0n) is 15.3. The lowest BCUT2D eigenvalue weighted by Gasteiger charge is -2.30. The molecule has 0 aliphatic heterocycles. The largest absolute Gasteiger partial charge is 0.381 e. The minimum Gasteiger partial charge on any atom is -0.381 e. The van der Waals surface area contributed by atoms with Crippen LogP contribution >= 0.6 is 0 Å². The molecule has 1 N–H and O–H groups in total. The Balaban J connectivity index is 0.000000948. The molecule has 1 atom stereocenters. The van der Waals surface area contributed by atoms with Gasteiger partial charge in [0.2, 0.25) is 0 Å². The van der Waals surface area contributed by atoms with Crippen LogP contribution in [0, 0.1) is 0 Å². The van der Waals surface area contributed by atoms with E-state index in [9.17, 15) is 5.11 Å². The molecule has 2 aromatic heterocycles. The van der Waals surface area contributed by atoms with Crippen molar-refractivity contribution in [1.82, 2.24) is 14.1 Å². The highest BCUT2D eigenvalue weighted by atomic mass is 16.3. The van der Waals surface area contributed by atoms with Gasteiger partial charge in [-0.05, 0) is 23.1 Å². The van der Waals surface area contributed by atoms with Crippen LogP contribution in [0.2, 0.25) is 0 Å². The zero-order valence-corrected chi connectivity index (χ0v) is 15.3. The summed E-state index contributed by atoms with van der Waals surface area (Å²) in [5.41, 5.74) is 0.998. The first kappa shape index (κ1) is 18.0. The quantitative estimate of drug-likeness (QED) is 0.579. The van der Waals surface area contributed by atoms with Gasteiger partial charge in [0.15, 0.2) is 0 Å². The zero-order chi connectivity index (χ0) is 18.4. The standard InChI is InChI=1S/C20H19N3O.C2H6/c24-20(14-22-13-11-21-16-22,18-7-2-1-3-8-18)15-23-12-10-17-6-4-5-9-19(17)23;1-2/h1-13,16,24H,14-15H2;1-2H3. The molecular weight excluding hydrogens is 322 g/mol. The van der Waals surface area contributed by atoms with Gasteiger partial charge in [0.1, 0.15) is 5.60 Å². The average Bonchev–Trinajstić information content (AvgIpc) is 3.34. The molecule has 26 heavy (non-hydrogen) atoms. The SMILES string of the molecule is CC.OC(Cn1ccnc1)(Cn1ccc2ccccc21)c1ccccc1. The predicted molar refractivity (Wildman–Crippen MR) is 106 cm³/mol. The molecule has 2 aromatic carbocycles. The van der Waals surface area contributed by atoms with Crippen LogP contribution in [0.5, 0.6) is 0 Å². The van der Waals surface area contributed by atoms with Crippen molar-refractivity contribution in [3.63, 3.8) is 0 Å². The van der Waals surface area contributed by atoms with Gasteiger partial charge < -0.3 is 14.2 Å². The monoisotopic (exact) mass is 347 g/mol. The third-order valence-corrected chi connectivity index (χ3v) is 4.43. The highest BCUT2D eigenvalue weighted by molar-refractivity contribution is 5.79. The van der Waals surface area contributed by atoms with Gasteiger partial charge in [0.25, 0.3) is 0 Å². The van der Waals surface area contributed by atoms with Crippen LogP contribution in [0.1, 0.15) is 19.4 Å². The number of para-hydroxylation sites is 1. The van der Waals surface area contributed by atoms with Crippen molar-refractivity contribution < 1.29 is 5.11 Å². The van der Waals surface area contributed by atoms with Crippen LogP contribution in [0.3, 0.4) is 0 Å². The molecule has 0 fully saturated rings. The smallest absolute Gasteiger partial charge is 0.125 e. The number of hydrogen-bond donors (Lipinski definition) is 1. The molecule has 0 aliphatic rings. The summed E-state index contributed by atoms with van der Waals surface area (Å²) in [6, 6.07) is 20.1. The number of aliphatic hydroxyl groups is 1. The number of benzene rings is 2. The number of aromatic nitrogens is 3. The average molecular weight is 347 g/mol. The molecular formula is C22H25N3O. The number of fused-ring (bicyclic) bond motifs is 1. The van der Waals surface area contributed by atoms with E-state index in [1.54, 1.807) is 12.5 Å². The summed E-state index contributed by atoms with van der Waals surface area (Å²) in [5, 5.41) is 12.7. The second kappa shape index (κ2) is 8.02. The van der Waals surface area contributed by atoms with Crippen molar-refractivity contribution in [3.05, 3.63) is 91.1 Å². The van der Waals surface area contributed by atoms with Gasteiger partial charge in [-0.1, -0.05) is 62.4 Å². The Morgan fingerprint density at radius 3 is 2.35 bits per heavy atom. The fraction of sp³-hybridized carbons (Fsp3) is 0.227. The van der Waals surface area contributed by atoms with Crippen molar-refractivity contribution in [3.8, 4) is 0 Å². The molecule has 0 aliphatic carbocycles.